The first-order valence-corrected chi connectivity index (χ1v) is 10.9. The molecule has 160 valence electrons. The van der Waals surface area contributed by atoms with Gasteiger partial charge < -0.3 is 5.32 Å². The average Bonchev–Trinajstić information content (AvgIpc) is 2.69. The molecule has 0 spiro atoms. The van der Waals surface area contributed by atoms with Crippen molar-refractivity contribution in [3.8, 4) is 0 Å². The van der Waals surface area contributed by atoms with Crippen molar-refractivity contribution in [3.05, 3.63) is 63.5 Å². The second-order valence-electron chi connectivity index (χ2n) is 7.36. The zero-order valence-electron chi connectivity index (χ0n) is 16.6. The average molecular weight is 435 g/mol. The molecule has 1 aliphatic heterocycles. The minimum atomic E-state index is -3.67. The Morgan fingerprint density at radius 2 is 1.83 bits per heavy atom. The number of non-ortho nitro benzene ring substituents is 1. The molecule has 2 aromatic carbocycles. The lowest BCUT2D eigenvalue weighted by Gasteiger charge is -2.31. The minimum Gasteiger partial charge on any atom is -0.323 e. The minimum absolute atomic E-state index is 0.158. The molecule has 1 saturated heterocycles. The maximum Gasteiger partial charge on any atom is 0.271 e. The highest BCUT2D eigenvalue weighted by Gasteiger charge is 2.33. The summed E-state index contributed by atoms with van der Waals surface area (Å²) in [5.41, 5.74) is 1.03. The van der Waals surface area contributed by atoms with Crippen molar-refractivity contribution in [2.75, 3.05) is 18.4 Å². The molecule has 0 atom stereocenters. The van der Waals surface area contributed by atoms with E-state index in [1.807, 2.05) is 6.92 Å². The molecule has 1 amide bonds. The van der Waals surface area contributed by atoms with E-state index in [9.17, 15) is 27.7 Å². The Labute approximate surface area is 173 Å². The van der Waals surface area contributed by atoms with Crippen molar-refractivity contribution in [2.45, 2.75) is 31.6 Å². The third-order valence-corrected chi connectivity index (χ3v) is 7.25. The number of aryl methyl sites for hydroxylation is 2. The number of piperidine rings is 1. The summed E-state index contributed by atoms with van der Waals surface area (Å²) in [4.78, 5) is 22.9. The van der Waals surface area contributed by atoms with Crippen LogP contribution in [0.3, 0.4) is 0 Å². The van der Waals surface area contributed by atoms with Crippen LogP contribution in [0.1, 0.15) is 24.0 Å². The summed E-state index contributed by atoms with van der Waals surface area (Å²) in [6.07, 6.45) is 0.541. The van der Waals surface area contributed by atoms with E-state index < -0.39 is 32.6 Å². The predicted molar refractivity (Wildman–Crippen MR) is 109 cm³/mol. The SMILES string of the molecule is Cc1ccc(S(=O)(=O)N2CCC(C(=O)Nc3cc([N+](=O)[O-])ccc3F)CC2)c(C)c1. The molecule has 0 aromatic heterocycles. The van der Waals surface area contributed by atoms with Gasteiger partial charge >= 0.3 is 0 Å². The lowest BCUT2D eigenvalue weighted by atomic mass is 9.97. The van der Waals surface area contributed by atoms with Gasteiger partial charge in [0.25, 0.3) is 5.69 Å². The third-order valence-electron chi connectivity index (χ3n) is 5.19. The Morgan fingerprint density at radius 1 is 1.17 bits per heavy atom. The zero-order valence-corrected chi connectivity index (χ0v) is 17.4. The fourth-order valence-electron chi connectivity index (χ4n) is 3.54. The number of amides is 1. The Morgan fingerprint density at radius 3 is 2.43 bits per heavy atom. The molecule has 1 fully saturated rings. The molecule has 30 heavy (non-hydrogen) atoms. The highest BCUT2D eigenvalue weighted by Crippen LogP contribution is 2.28. The number of nitrogens with zero attached hydrogens (tertiary/aromatic N) is 2. The van der Waals surface area contributed by atoms with Crippen molar-refractivity contribution in [1.82, 2.24) is 4.31 Å². The predicted octanol–water partition coefficient (Wildman–Crippen LogP) is 3.39. The molecule has 1 N–H and O–H groups in total. The molecular weight excluding hydrogens is 413 g/mol. The third kappa shape index (κ3) is 4.49. The van der Waals surface area contributed by atoms with Gasteiger partial charge in [-0.1, -0.05) is 17.7 Å². The van der Waals surface area contributed by atoms with E-state index >= 15 is 0 Å². The largest absolute Gasteiger partial charge is 0.323 e. The van der Waals surface area contributed by atoms with E-state index in [-0.39, 0.29) is 42.2 Å². The lowest BCUT2D eigenvalue weighted by Crippen LogP contribution is -2.41. The topological polar surface area (TPSA) is 110 Å². The van der Waals surface area contributed by atoms with E-state index in [2.05, 4.69) is 5.32 Å². The molecule has 8 nitrogen and oxygen atoms in total. The number of anilines is 1. The number of nitro benzene ring substituents is 1. The number of hydrogen-bond donors (Lipinski definition) is 1. The maximum absolute atomic E-state index is 13.9. The number of nitro groups is 1. The van der Waals surface area contributed by atoms with E-state index in [0.29, 0.717) is 5.56 Å². The first kappa shape index (κ1) is 21.8. The summed E-state index contributed by atoms with van der Waals surface area (Å²) in [5, 5.41) is 13.2. The van der Waals surface area contributed by atoms with Gasteiger partial charge in [0.15, 0.2) is 0 Å². The van der Waals surface area contributed by atoms with Crippen molar-refractivity contribution < 1.29 is 22.5 Å². The monoisotopic (exact) mass is 435 g/mol. The van der Waals surface area contributed by atoms with Crippen LogP contribution in [0.4, 0.5) is 15.8 Å². The van der Waals surface area contributed by atoms with Crippen LogP contribution in [0.25, 0.3) is 0 Å². The van der Waals surface area contributed by atoms with Gasteiger partial charge in [-0.15, -0.1) is 0 Å². The van der Waals surface area contributed by atoms with Gasteiger partial charge in [0, 0.05) is 31.1 Å². The summed E-state index contributed by atoms with van der Waals surface area (Å²) in [5.74, 6) is -1.78. The first-order chi connectivity index (χ1) is 14.1. The fraction of sp³-hybridized carbons (Fsp3) is 0.350. The fourth-order valence-corrected chi connectivity index (χ4v) is 5.22. The van der Waals surface area contributed by atoms with Crippen molar-refractivity contribution in [1.29, 1.82) is 0 Å². The van der Waals surface area contributed by atoms with Gasteiger partial charge in [0.1, 0.15) is 5.82 Å². The number of carbonyl (C=O) groups excluding carboxylic acids is 1. The normalized spacial score (nSPS) is 15.7. The van der Waals surface area contributed by atoms with Gasteiger partial charge in [-0.25, -0.2) is 12.8 Å². The van der Waals surface area contributed by atoms with E-state index in [0.717, 1.165) is 23.8 Å². The summed E-state index contributed by atoms with van der Waals surface area (Å²) in [6, 6.07) is 8.04. The second kappa shape index (κ2) is 8.49. The lowest BCUT2D eigenvalue weighted by molar-refractivity contribution is -0.384. The second-order valence-corrected chi connectivity index (χ2v) is 9.26. The highest BCUT2D eigenvalue weighted by atomic mass is 32.2. The van der Waals surface area contributed by atoms with Crippen LogP contribution in [0.5, 0.6) is 0 Å². The summed E-state index contributed by atoms with van der Waals surface area (Å²) >= 11 is 0. The Kier molecular flexibility index (Phi) is 6.18. The number of sulfonamides is 1. The van der Waals surface area contributed by atoms with E-state index in [1.165, 1.54) is 4.31 Å². The quantitative estimate of drug-likeness (QED) is 0.572. The number of benzene rings is 2. The standard InChI is InChI=1S/C20H22FN3O5S/c1-13-3-6-19(14(2)11-13)30(28,29)23-9-7-15(8-10-23)20(25)22-18-12-16(24(26)27)4-5-17(18)21/h3-6,11-12,15H,7-10H2,1-2H3,(H,22,25). The summed E-state index contributed by atoms with van der Waals surface area (Å²) in [7, 11) is -3.67. The molecule has 0 aliphatic carbocycles. The van der Waals surface area contributed by atoms with E-state index in [1.54, 1.807) is 25.1 Å². The molecular formula is C20H22FN3O5S. The Hall–Kier alpha value is -2.85. The van der Waals surface area contributed by atoms with Crippen LogP contribution in [-0.2, 0) is 14.8 Å². The number of hydrogen-bond acceptors (Lipinski definition) is 5. The molecule has 1 aliphatic rings. The molecule has 0 radical (unpaired) electrons. The zero-order chi connectivity index (χ0) is 22.1. The van der Waals surface area contributed by atoms with Gasteiger partial charge in [-0.05, 0) is 44.4 Å². The Balaban J connectivity index is 1.67. The molecule has 1 heterocycles. The molecule has 0 bridgehead atoms. The van der Waals surface area contributed by atoms with Gasteiger partial charge in [0.2, 0.25) is 15.9 Å². The molecule has 0 saturated carbocycles. The van der Waals surface area contributed by atoms with Gasteiger partial charge in [0.05, 0.1) is 15.5 Å². The van der Waals surface area contributed by atoms with Crippen LogP contribution < -0.4 is 5.32 Å². The number of carbonyl (C=O) groups is 1. The van der Waals surface area contributed by atoms with Crippen LogP contribution in [-0.4, -0.2) is 36.6 Å². The number of nitrogens with one attached hydrogen (secondary N) is 1. The molecule has 10 heteroatoms. The highest BCUT2D eigenvalue weighted by molar-refractivity contribution is 7.89. The molecule has 2 aromatic rings. The van der Waals surface area contributed by atoms with Crippen LogP contribution in [0.2, 0.25) is 0 Å². The number of halogens is 1. The Bertz CT molecular complexity index is 1100. The number of rotatable bonds is 5. The molecule has 0 unspecified atom stereocenters. The van der Waals surface area contributed by atoms with E-state index in [4.69, 9.17) is 0 Å². The smallest absolute Gasteiger partial charge is 0.271 e. The van der Waals surface area contributed by atoms with Gasteiger partial charge in [-0.3, -0.25) is 14.9 Å². The van der Waals surface area contributed by atoms with Crippen LogP contribution in [0, 0.1) is 35.7 Å². The van der Waals surface area contributed by atoms with Crippen LogP contribution in [0.15, 0.2) is 41.3 Å². The molecule has 3 rings (SSSR count). The van der Waals surface area contributed by atoms with Crippen molar-refractivity contribution in [2.24, 2.45) is 5.92 Å². The van der Waals surface area contributed by atoms with Crippen molar-refractivity contribution >= 4 is 27.3 Å². The summed E-state index contributed by atoms with van der Waals surface area (Å²) in [6.45, 7) is 3.95. The van der Waals surface area contributed by atoms with Crippen molar-refractivity contribution in [3.63, 3.8) is 0 Å². The first-order valence-electron chi connectivity index (χ1n) is 9.42. The maximum atomic E-state index is 13.9. The van der Waals surface area contributed by atoms with Gasteiger partial charge in [-0.2, -0.15) is 4.31 Å². The summed E-state index contributed by atoms with van der Waals surface area (Å²) < 4.78 is 41.1. The van der Waals surface area contributed by atoms with Crippen LogP contribution >= 0.6 is 0 Å².